The number of carbonyl (C=O) groups excluding carboxylic acids is 2. The first-order valence-corrected chi connectivity index (χ1v) is 14.1. The molecule has 2 heterocycles. The highest BCUT2D eigenvalue weighted by Crippen LogP contribution is 2.30. The van der Waals surface area contributed by atoms with Crippen molar-refractivity contribution in [1.29, 1.82) is 0 Å². The summed E-state index contributed by atoms with van der Waals surface area (Å²) >= 11 is 0. The number of aryl methyl sites for hydroxylation is 1. The van der Waals surface area contributed by atoms with Gasteiger partial charge in [0.25, 0.3) is 0 Å². The highest BCUT2D eigenvalue weighted by molar-refractivity contribution is 6.02. The first kappa shape index (κ1) is 34.0. The molecule has 4 aromatic rings. The maximum atomic E-state index is 12.4. The minimum Gasteiger partial charge on any atom is -0.492 e. The number of carbonyl (C=O) groups is 2. The molecule has 0 saturated heterocycles. The molecule has 0 amide bonds. The predicted octanol–water partition coefficient (Wildman–Crippen LogP) is 8.45. The standard InChI is InChI=1S/C18H15NO2.C18H13NO2.CH4O.CH4/c2*1-19-15-6-4-5-13(11-15)9-10-14-12-21-17-8-3-2-7-16(17)18(14)20;1-2;/h2-8,11,14H,9-10,12H2;2-11,14H,12H2;2H,1H3;1H4/b;10-9+;;. The van der Waals surface area contributed by atoms with E-state index in [1.54, 1.807) is 24.3 Å². The quantitative estimate of drug-likeness (QED) is 0.233. The van der Waals surface area contributed by atoms with Crippen LogP contribution in [0.1, 0.15) is 45.7 Å². The van der Waals surface area contributed by atoms with Crippen molar-refractivity contribution in [3.8, 4) is 11.5 Å². The van der Waals surface area contributed by atoms with Gasteiger partial charge in [-0.1, -0.05) is 91.9 Å². The van der Waals surface area contributed by atoms with E-state index in [1.165, 1.54) is 0 Å². The molecular formula is C38H36N2O5. The summed E-state index contributed by atoms with van der Waals surface area (Å²) in [6, 6.07) is 29.6. The summed E-state index contributed by atoms with van der Waals surface area (Å²) in [4.78, 5) is 31.6. The molecule has 0 spiro atoms. The number of ether oxygens (including phenoxy) is 2. The summed E-state index contributed by atoms with van der Waals surface area (Å²) in [5, 5.41) is 7.00. The Balaban J connectivity index is 0.000000228. The minimum atomic E-state index is -0.281. The van der Waals surface area contributed by atoms with Crippen molar-refractivity contribution in [2.75, 3.05) is 20.3 Å². The van der Waals surface area contributed by atoms with Crippen LogP contribution in [0.25, 0.3) is 15.8 Å². The van der Waals surface area contributed by atoms with Crippen LogP contribution in [0.3, 0.4) is 0 Å². The maximum absolute atomic E-state index is 12.4. The van der Waals surface area contributed by atoms with E-state index in [9.17, 15) is 9.59 Å². The molecule has 2 unspecified atom stereocenters. The molecule has 7 heteroatoms. The van der Waals surface area contributed by atoms with Gasteiger partial charge in [-0.05, 0) is 48.7 Å². The van der Waals surface area contributed by atoms with Crippen LogP contribution >= 0.6 is 0 Å². The lowest BCUT2D eigenvalue weighted by Crippen LogP contribution is -2.28. The van der Waals surface area contributed by atoms with Gasteiger partial charge in [-0.25, -0.2) is 9.69 Å². The summed E-state index contributed by atoms with van der Waals surface area (Å²) < 4.78 is 11.3. The molecule has 0 radical (unpaired) electrons. The van der Waals surface area contributed by atoms with Crippen molar-refractivity contribution in [2.45, 2.75) is 20.3 Å². The number of benzene rings is 4. The van der Waals surface area contributed by atoms with Crippen molar-refractivity contribution in [3.63, 3.8) is 0 Å². The fourth-order valence-corrected chi connectivity index (χ4v) is 4.94. The molecule has 0 fully saturated rings. The molecule has 0 aromatic heterocycles. The zero-order valence-electron chi connectivity index (χ0n) is 24.4. The van der Waals surface area contributed by atoms with E-state index in [-0.39, 0.29) is 30.8 Å². The summed E-state index contributed by atoms with van der Waals surface area (Å²) in [5.74, 6) is 1.21. The number of hydrogen-bond donors (Lipinski definition) is 1. The van der Waals surface area contributed by atoms with Crippen LogP contribution < -0.4 is 9.47 Å². The van der Waals surface area contributed by atoms with Gasteiger partial charge in [0, 0.05) is 7.11 Å². The second-order valence-electron chi connectivity index (χ2n) is 10.0. The van der Waals surface area contributed by atoms with E-state index in [0.29, 0.717) is 47.2 Å². The summed E-state index contributed by atoms with van der Waals surface area (Å²) in [5.41, 5.74) is 4.56. The summed E-state index contributed by atoms with van der Waals surface area (Å²) in [6.07, 6.45) is 5.25. The highest BCUT2D eigenvalue weighted by atomic mass is 16.5. The fraction of sp³-hybridized carbons (Fsp3) is 0.211. The first-order chi connectivity index (χ1) is 21.6. The average Bonchev–Trinajstić information content (AvgIpc) is 3.09. The van der Waals surface area contributed by atoms with Crippen LogP contribution in [0.4, 0.5) is 11.4 Å². The van der Waals surface area contributed by atoms with E-state index in [2.05, 4.69) is 9.69 Å². The molecule has 0 saturated carbocycles. The number of hydrogen-bond acceptors (Lipinski definition) is 5. The van der Waals surface area contributed by atoms with Crippen LogP contribution in [0.5, 0.6) is 11.5 Å². The van der Waals surface area contributed by atoms with Crippen molar-refractivity contribution >= 4 is 29.0 Å². The van der Waals surface area contributed by atoms with Crippen LogP contribution in [0.15, 0.2) is 103 Å². The Hall–Kier alpha value is -5.50. The lowest BCUT2D eigenvalue weighted by molar-refractivity contribution is 0.0820. The number of fused-ring (bicyclic) bond motifs is 2. The molecular weight excluding hydrogens is 564 g/mol. The third-order valence-electron chi connectivity index (χ3n) is 7.21. The molecule has 1 N–H and O–H groups in total. The first-order valence-electron chi connectivity index (χ1n) is 14.1. The van der Waals surface area contributed by atoms with Gasteiger partial charge < -0.3 is 14.6 Å². The molecule has 2 aliphatic heterocycles. The Bertz CT molecular complexity index is 1730. The number of nitrogens with zero attached hydrogens (tertiary/aromatic N) is 2. The molecule has 0 bridgehead atoms. The molecule has 228 valence electrons. The number of aliphatic hydroxyl groups is 1. The fourth-order valence-electron chi connectivity index (χ4n) is 4.94. The predicted molar refractivity (Wildman–Crippen MR) is 177 cm³/mol. The number of aliphatic hydroxyl groups excluding tert-OH is 1. The zero-order valence-corrected chi connectivity index (χ0v) is 24.4. The van der Waals surface area contributed by atoms with Crippen molar-refractivity contribution in [3.05, 3.63) is 148 Å². The Morgan fingerprint density at radius 1 is 0.756 bits per heavy atom. The van der Waals surface area contributed by atoms with E-state index < -0.39 is 0 Å². The topological polar surface area (TPSA) is 81.6 Å². The average molecular weight is 601 g/mol. The normalized spacial score (nSPS) is 15.9. The number of para-hydroxylation sites is 2. The summed E-state index contributed by atoms with van der Waals surface area (Å²) in [6.45, 7) is 14.8. The van der Waals surface area contributed by atoms with Crippen LogP contribution in [0.2, 0.25) is 0 Å². The molecule has 2 atom stereocenters. The van der Waals surface area contributed by atoms with E-state index in [1.807, 2.05) is 84.9 Å². The van der Waals surface area contributed by atoms with Gasteiger partial charge in [0.1, 0.15) is 18.1 Å². The largest absolute Gasteiger partial charge is 0.492 e. The molecule has 2 aliphatic rings. The van der Waals surface area contributed by atoms with Crippen LogP contribution in [-0.2, 0) is 6.42 Å². The van der Waals surface area contributed by atoms with Crippen LogP contribution in [0, 0.1) is 25.0 Å². The zero-order chi connectivity index (χ0) is 31.3. The van der Waals surface area contributed by atoms with Crippen molar-refractivity contribution in [2.24, 2.45) is 11.8 Å². The molecule has 4 aromatic carbocycles. The second kappa shape index (κ2) is 17.0. The van der Waals surface area contributed by atoms with Crippen molar-refractivity contribution < 1.29 is 24.2 Å². The van der Waals surface area contributed by atoms with E-state index in [4.69, 9.17) is 27.7 Å². The van der Waals surface area contributed by atoms with Gasteiger partial charge in [0.2, 0.25) is 0 Å². The lowest BCUT2D eigenvalue weighted by Gasteiger charge is -2.24. The van der Waals surface area contributed by atoms with E-state index >= 15 is 0 Å². The Labute approximate surface area is 265 Å². The third-order valence-corrected chi connectivity index (χ3v) is 7.21. The van der Waals surface area contributed by atoms with Gasteiger partial charge in [0.15, 0.2) is 22.9 Å². The Kier molecular flexibility index (Phi) is 12.8. The molecule has 7 nitrogen and oxygen atoms in total. The number of Topliss-reactive ketones (excluding diaryl/α,β-unsaturated/α-hetero) is 2. The van der Waals surface area contributed by atoms with Gasteiger partial charge in [-0.15, -0.1) is 0 Å². The number of ketones is 2. The highest BCUT2D eigenvalue weighted by Gasteiger charge is 2.28. The number of rotatable bonds is 5. The van der Waals surface area contributed by atoms with Gasteiger partial charge >= 0.3 is 0 Å². The van der Waals surface area contributed by atoms with Crippen LogP contribution in [-0.4, -0.2) is 37.0 Å². The SMILES string of the molecule is C.CO.[C-]#[N+]c1cccc(/C=C/C2COc3ccccc3C2=O)c1.[C-]#[N+]c1cccc(CCC2COc3ccccc3C2=O)c1. The van der Waals surface area contributed by atoms with Gasteiger partial charge in [-0.3, -0.25) is 9.59 Å². The lowest BCUT2D eigenvalue weighted by atomic mass is 9.90. The Morgan fingerprint density at radius 3 is 2.00 bits per heavy atom. The van der Waals surface area contributed by atoms with Crippen molar-refractivity contribution in [1.82, 2.24) is 0 Å². The molecule has 6 rings (SSSR count). The summed E-state index contributed by atoms with van der Waals surface area (Å²) in [7, 11) is 1.00. The molecule has 0 aliphatic carbocycles. The third kappa shape index (κ3) is 8.76. The Morgan fingerprint density at radius 2 is 1.33 bits per heavy atom. The maximum Gasteiger partial charge on any atom is 0.187 e. The smallest absolute Gasteiger partial charge is 0.187 e. The second-order valence-corrected chi connectivity index (χ2v) is 10.0. The van der Waals surface area contributed by atoms with E-state index in [0.717, 1.165) is 31.1 Å². The molecule has 45 heavy (non-hydrogen) atoms. The van der Waals surface area contributed by atoms with Gasteiger partial charge in [-0.2, -0.15) is 0 Å². The van der Waals surface area contributed by atoms with Gasteiger partial charge in [0.05, 0.1) is 42.7 Å². The monoisotopic (exact) mass is 600 g/mol. The minimum absolute atomic E-state index is 0.